The first-order valence-electron chi connectivity index (χ1n) is 6.01. The van der Waals surface area contributed by atoms with Gasteiger partial charge in [0, 0.05) is 5.39 Å². The monoisotopic (exact) mass is 281 g/mol. The molecule has 98 valence electrons. The lowest BCUT2D eigenvalue weighted by Gasteiger charge is -2.08. The predicted octanol–water partition coefficient (Wildman–Crippen LogP) is 3.06. The predicted molar refractivity (Wildman–Crippen MR) is 81.9 cm³/mol. The molecule has 3 aromatic rings. The fourth-order valence-electron chi connectivity index (χ4n) is 1.91. The van der Waals surface area contributed by atoms with Gasteiger partial charge in [-0.25, -0.2) is 4.98 Å². The van der Waals surface area contributed by atoms with E-state index in [2.05, 4.69) is 9.97 Å². The summed E-state index contributed by atoms with van der Waals surface area (Å²) in [6.07, 6.45) is 3.04. The molecule has 0 bridgehead atoms. The maximum atomic E-state index is 5.79. The molecule has 1 heterocycles. The summed E-state index contributed by atoms with van der Waals surface area (Å²) >= 11 is 4.88. The van der Waals surface area contributed by atoms with E-state index in [4.69, 9.17) is 22.7 Å². The van der Waals surface area contributed by atoms with Crippen LogP contribution in [0.25, 0.3) is 10.8 Å². The van der Waals surface area contributed by atoms with Gasteiger partial charge in [-0.05, 0) is 11.5 Å². The van der Waals surface area contributed by atoms with Crippen LogP contribution >= 0.6 is 12.2 Å². The van der Waals surface area contributed by atoms with E-state index >= 15 is 0 Å². The van der Waals surface area contributed by atoms with E-state index in [0.29, 0.717) is 11.6 Å². The van der Waals surface area contributed by atoms with Gasteiger partial charge in [0.05, 0.1) is 12.4 Å². The van der Waals surface area contributed by atoms with Gasteiger partial charge in [0.1, 0.15) is 16.4 Å². The zero-order valence-electron chi connectivity index (χ0n) is 10.5. The van der Waals surface area contributed by atoms with Crippen LogP contribution in [0.5, 0.6) is 11.6 Å². The van der Waals surface area contributed by atoms with Gasteiger partial charge in [0.2, 0.25) is 5.88 Å². The lowest BCUT2D eigenvalue weighted by Crippen LogP contribution is -2.12. The molecule has 3 rings (SSSR count). The number of rotatable bonds is 3. The molecule has 0 unspecified atom stereocenters. The molecule has 0 spiro atoms. The summed E-state index contributed by atoms with van der Waals surface area (Å²) in [4.78, 5) is 8.45. The molecule has 0 aliphatic heterocycles. The second kappa shape index (κ2) is 5.22. The fourth-order valence-corrected chi connectivity index (χ4v) is 2.01. The van der Waals surface area contributed by atoms with Crippen LogP contribution in [0.15, 0.2) is 54.9 Å². The molecule has 0 saturated heterocycles. The number of nitrogens with zero attached hydrogens (tertiary/aromatic N) is 2. The van der Waals surface area contributed by atoms with Crippen molar-refractivity contribution in [2.45, 2.75) is 0 Å². The molecule has 20 heavy (non-hydrogen) atoms. The Morgan fingerprint density at radius 1 is 1.05 bits per heavy atom. The summed E-state index contributed by atoms with van der Waals surface area (Å²) < 4.78 is 5.79. The van der Waals surface area contributed by atoms with E-state index in [0.717, 1.165) is 16.5 Å². The van der Waals surface area contributed by atoms with E-state index < -0.39 is 0 Å². The Bertz CT molecular complexity index is 783. The van der Waals surface area contributed by atoms with Gasteiger partial charge in [0.15, 0.2) is 0 Å². The Kier molecular flexibility index (Phi) is 3.26. The van der Waals surface area contributed by atoms with Gasteiger partial charge in [-0.1, -0.05) is 48.6 Å². The number of hydrogen-bond acceptors (Lipinski definition) is 4. The average Bonchev–Trinajstić information content (AvgIpc) is 2.48. The third-order valence-corrected chi connectivity index (χ3v) is 3.04. The highest BCUT2D eigenvalue weighted by molar-refractivity contribution is 7.80. The Balaban J connectivity index is 2.01. The summed E-state index contributed by atoms with van der Waals surface area (Å²) in [5, 5.41) is 2.11. The number of fused-ring (bicyclic) bond motifs is 1. The molecular weight excluding hydrogens is 270 g/mol. The molecule has 0 fully saturated rings. The van der Waals surface area contributed by atoms with Crippen molar-refractivity contribution < 1.29 is 4.74 Å². The summed E-state index contributed by atoms with van der Waals surface area (Å²) in [7, 11) is 0. The van der Waals surface area contributed by atoms with E-state index in [1.807, 2.05) is 42.5 Å². The Hall–Kier alpha value is -2.53. The largest absolute Gasteiger partial charge is 0.437 e. The van der Waals surface area contributed by atoms with E-state index in [9.17, 15) is 0 Å². The summed E-state index contributed by atoms with van der Waals surface area (Å²) in [6, 6.07) is 13.8. The summed E-state index contributed by atoms with van der Waals surface area (Å²) in [5.41, 5.74) is 5.98. The van der Waals surface area contributed by atoms with Crippen LogP contribution in [-0.2, 0) is 0 Å². The fraction of sp³-hybridized carbons (Fsp3) is 0. The maximum Gasteiger partial charge on any atom is 0.238 e. The van der Waals surface area contributed by atoms with Crippen molar-refractivity contribution in [1.29, 1.82) is 0 Å². The number of aromatic nitrogens is 2. The third kappa shape index (κ3) is 2.44. The van der Waals surface area contributed by atoms with Crippen molar-refractivity contribution in [3.8, 4) is 11.6 Å². The van der Waals surface area contributed by atoms with Crippen molar-refractivity contribution in [1.82, 2.24) is 9.97 Å². The Labute approximate surface area is 121 Å². The Morgan fingerprint density at radius 2 is 1.85 bits per heavy atom. The van der Waals surface area contributed by atoms with Crippen molar-refractivity contribution in [2.75, 3.05) is 0 Å². The van der Waals surface area contributed by atoms with Crippen LogP contribution in [0.4, 0.5) is 0 Å². The molecule has 2 aromatic carbocycles. The van der Waals surface area contributed by atoms with Crippen molar-refractivity contribution in [2.24, 2.45) is 5.73 Å². The number of ether oxygens (including phenoxy) is 1. The van der Waals surface area contributed by atoms with Gasteiger partial charge >= 0.3 is 0 Å². The molecular formula is C15H11N3OS. The summed E-state index contributed by atoms with van der Waals surface area (Å²) in [5.74, 6) is 1.09. The number of nitrogens with two attached hydrogens (primary N) is 1. The molecule has 0 amide bonds. The second-order valence-corrected chi connectivity index (χ2v) is 4.63. The minimum absolute atomic E-state index is 0.195. The third-order valence-electron chi connectivity index (χ3n) is 2.83. The number of hydrogen-bond donors (Lipinski definition) is 1. The van der Waals surface area contributed by atoms with Gasteiger partial charge in [-0.2, -0.15) is 0 Å². The minimum atomic E-state index is 0.195. The highest BCUT2D eigenvalue weighted by Gasteiger charge is 2.06. The van der Waals surface area contributed by atoms with Gasteiger partial charge < -0.3 is 10.5 Å². The normalized spacial score (nSPS) is 10.4. The lowest BCUT2D eigenvalue weighted by atomic mass is 10.1. The van der Waals surface area contributed by atoms with Crippen molar-refractivity contribution in [3.05, 3.63) is 60.6 Å². The average molecular weight is 281 g/mol. The Morgan fingerprint density at radius 3 is 2.70 bits per heavy atom. The van der Waals surface area contributed by atoms with Crippen molar-refractivity contribution >= 4 is 28.0 Å². The molecule has 0 atom stereocenters. The van der Waals surface area contributed by atoms with Gasteiger partial charge in [-0.15, -0.1) is 0 Å². The van der Waals surface area contributed by atoms with Crippen LogP contribution in [0.3, 0.4) is 0 Å². The first-order chi connectivity index (χ1) is 9.74. The van der Waals surface area contributed by atoms with Crippen molar-refractivity contribution in [3.63, 3.8) is 0 Å². The van der Waals surface area contributed by atoms with Gasteiger partial charge in [0.25, 0.3) is 0 Å². The van der Waals surface area contributed by atoms with E-state index in [-0.39, 0.29) is 4.99 Å². The van der Waals surface area contributed by atoms with Gasteiger partial charge in [-0.3, -0.25) is 4.98 Å². The zero-order valence-corrected chi connectivity index (χ0v) is 11.3. The first-order valence-corrected chi connectivity index (χ1v) is 6.42. The molecule has 5 heteroatoms. The second-order valence-electron chi connectivity index (χ2n) is 4.19. The quantitative estimate of drug-likeness (QED) is 0.748. The molecule has 4 nitrogen and oxygen atoms in total. The first kappa shape index (κ1) is 12.5. The van der Waals surface area contributed by atoms with Crippen LogP contribution in [0, 0.1) is 0 Å². The summed E-state index contributed by atoms with van der Waals surface area (Å²) in [6.45, 7) is 0. The molecule has 1 aromatic heterocycles. The number of thiocarbonyl (C=S) groups is 1. The van der Waals surface area contributed by atoms with Crippen LogP contribution in [0.1, 0.15) is 5.69 Å². The smallest absolute Gasteiger partial charge is 0.238 e. The zero-order chi connectivity index (χ0) is 13.9. The van der Waals surface area contributed by atoms with E-state index in [1.54, 1.807) is 0 Å². The molecule has 0 aliphatic rings. The molecule has 0 aliphatic carbocycles. The molecule has 0 saturated carbocycles. The van der Waals surface area contributed by atoms with E-state index in [1.165, 1.54) is 12.4 Å². The SMILES string of the molecule is NC(=S)c1cncc(Oc2cccc3ccccc23)n1. The number of benzene rings is 2. The lowest BCUT2D eigenvalue weighted by molar-refractivity contribution is 0.465. The molecule has 0 radical (unpaired) electrons. The van der Waals surface area contributed by atoms with Crippen LogP contribution < -0.4 is 10.5 Å². The minimum Gasteiger partial charge on any atom is -0.437 e. The highest BCUT2D eigenvalue weighted by atomic mass is 32.1. The molecule has 2 N–H and O–H groups in total. The standard InChI is InChI=1S/C15H11N3OS/c16-15(20)12-8-17-9-14(18-12)19-13-7-3-5-10-4-1-2-6-11(10)13/h1-9H,(H2,16,20). The maximum absolute atomic E-state index is 5.79. The highest BCUT2D eigenvalue weighted by Crippen LogP contribution is 2.28. The topological polar surface area (TPSA) is 61.0 Å². The van der Waals surface area contributed by atoms with Crippen LogP contribution in [-0.4, -0.2) is 15.0 Å². The van der Waals surface area contributed by atoms with Crippen LogP contribution in [0.2, 0.25) is 0 Å².